The van der Waals surface area contributed by atoms with E-state index in [1.807, 2.05) is 0 Å². The fraction of sp³-hybridized carbons (Fsp3) is 0.857. The van der Waals surface area contributed by atoms with E-state index in [2.05, 4.69) is 12.6 Å². The summed E-state index contributed by atoms with van der Waals surface area (Å²) in [5.74, 6) is -0.369. The zero-order chi connectivity index (χ0) is 7.56. The van der Waals surface area contributed by atoms with Crippen molar-refractivity contribution in [1.29, 1.82) is 0 Å². The number of hydrogen-bond donors (Lipinski definition) is 2. The van der Waals surface area contributed by atoms with Crippen LogP contribution in [0, 0.1) is 5.92 Å². The number of aliphatic carboxylic acids is 1. The van der Waals surface area contributed by atoms with Crippen LogP contribution in [0.15, 0.2) is 0 Å². The first-order valence-corrected chi connectivity index (χ1v) is 4.11. The molecule has 1 rings (SSSR count). The number of rotatable bonds is 2. The van der Waals surface area contributed by atoms with Gasteiger partial charge in [0.2, 0.25) is 0 Å². The Morgan fingerprint density at radius 3 is 2.70 bits per heavy atom. The van der Waals surface area contributed by atoms with Gasteiger partial charge in [-0.05, 0) is 18.8 Å². The van der Waals surface area contributed by atoms with Crippen LogP contribution in [0.1, 0.15) is 25.7 Å². The van der Waals surface area contributed by atoms with Crippen LogP contribution in [-0.4, -0.2) is 16.3 Å². The van der Waals surface area contributed by atoms with Gasteiger partial charge < -0.3 is 5.11 Å². The lowest BCUT2D eigenvalue weighted by Crippen LogP contribution is -2.12. The number of carbonyl (C=O) groups is 1. The second-order valence-electron chi connectivity index (χ2n) is 2.86. The van der Waals surface area contributed by atoms with Gasteiger partial charge in [0.1, 0.15) is 0 Å². The minimum Gasteiger partial charge on any atom is -0.481 e. The molecule has 3 heteroatoms. The topological polar surface area (TPSA) is 37.3 Å². The molecule has 10 heavy (non-hydrogen) atoms. The lowest BCUT2D eigenvalue weighted by Gasteiger charge is -2.10. The summed E-state index contributed by atoms with van der Waals surface area (Å²) in [7, 11) is 0. The van der Waals surface area contributed by atoms with Gasteiger partial charge in [0.25, 0.3) is 0 Å². The number of carboxylic acids is 1. The van der Waals surface area contributed by atoms with Crippen molar-refractivity contribution in [3.63, 3.8) is 0 Å². The summed E-state index contributed by atoms with van der Waals surface area (Å²) >= 11 is 4.30. The third-order valence-electron chi connectivity index (χ3n) is 2.06. The Balaban J connectivity index is 2.33. The average Bonchev–Trinajstić information content (AvgIpc) is 2.15. The summed E-state index contributed by atoms with van der Waals surface area (Å²) in [5, 5.41) is 8.79. The Morgan fingerprint density at radius 1 is 1.60 bits per heavy atom. The van der Waals surface area contributed by atoms with Crippen LogP contribution in [0.25, 0.3) is 0 Å². The molecule has 1 N–H and O–H groups in total. The predicted molar refractivity (Wildman–Crippen MR) is 42.4 cm³/mol. The summed E-state index contributed by atoms with van der Waals surface area (Å²) < 4.78 is 0. The second-order valence-corrected chi connectivity index (χ2v) is 3.52. The number of carboxylic acid groups (broad SMARTS) is 1. The number of hydrogen-bond acceptors (Lipinski definition) is 2. The van der Waals surface area contributed by atoms with E-state index in [0.29, 0.717) is 17.6 Å². The molecule has 0 spiro atoms. The average molecular weight is 160 g/mol. The van der Waals surface area contributed by atoms with E-state index in [4.69, 9.17) is 5.11 Å². The molecule has 2 nitrogen and oxygen atoms in total. The maximum Gasteiger partial charge on any atom is 0.303 e. The van der Waals surface area contributed by atoms with Gasteiger partial charge in [0.05, 0.1) is 0 Å². The highest BCUT2D eigenvalue weighted by Crippen LogP contribution is 2.31. The molecular formula is C7H12O2S. The predicted octanol–water partition coefficient (Wildman–Crippen LogP) is 1.56. The molecule has 1 fully saturated rings. The molecule has 0 radical (unpaired) electrons. The molecule has 1 saturated carbocycles. The van der Waals surface area contributed by atoms with E-state index in [9.17, 15) is 4.79 Å². The van der Waals surface area contributed by atoms with Crippen LogP contribution in [0.4, 0.5) is 0 Å². The fourth-order valence-electron chi connectivity index (χ4n) is 1.48. The normalized spacial score (nSPS) is 32.5. The van der Waals surface area contributed by atoms with Crippen molar-refractivity contribution in [1.82, 2.24) is 0 Å². The largest absolute Gasteiger partial charge is 0.481 e. The second kappa shape index (κ2) is 3.28. The summed E-state index contributed by atoms with van der Waals surface area (Å²) in [4.78, 5) is 10.3. The molecule has 0 saturated heterocycles. The molecule has 1 aliphatic carbocycles. The minimum absolute atomic E-state index is 0.300. The van der Waals surface area contributed by atoms with Crippen LogP contribution in [-0.2, 0) is 4.79 Å². The van der Waals surface area contributed by atoms with Crippen LogP contribution >= 0.6 is 12.6 Å². The number of thiol groups is 1. The van der Waals surface area contributed by atoms with Crippen LogP contribution in [0.2, 0.25) is 0 Å². The molecule has 0 aromatic carbocycles. The monoisotopic (exact) mass is 160 g/mol. The first-order chi connectivity index (χ1) is 4.70. The van der Waals surface area contributed by atoms with Gasteiger partial charge in [-0.25, -0.2) is 0 Å². The van der Waals surface area contributed by atoms with Gasteiger partial charge in [0.15, 0.2) is 0 Å². The first kappa shape index (κ1) is 7.92. The molecule has 0 aliphatic heterocycles. The van der Waals surface area contributed by atoms with Gasteiger partial charge in [-0.15, -0.1) is 0 Å². The van der Waals surface area contributed by atoms with Crippen LogP contribution in [0.5, 0.6) is 0 Å². The Kier molecular flexibility index (Phi) is 2.60. The van der Waals surface area contributed by atoms with E-state index < -0.39 is 5.97 Å². The van der Waals surface area contributed by atoms with Crippen molar-refractivity contribution in [2.75, 3.05) is 0 Å². The molecule has 0 bridgehead atoms. The minimum atomic E-state index is -0.689. The molecule has 2 atom stereocenters. The van der Waals surface area contributed by atoms with Gasteiger partial charge in [-0.1, -0.05) is 6.42 Å². The molecule has 2 unspecified atom stereocenters. The van der Waals surface area contributed by atoms with E-state index in [-0.39, 0.29) is 0 Å². The molecule has 0 heterocycles. The van der Waals surface area contributed by atoms with Crippen molar-refractivity contribution in [3.8, 4) is 0 Å². The van der Waals surface area contributed by atoms with Crippen LogP contribution in [0.3, 0.4) is 0 Å². The summed E-state index contributed by atoms with van der Waals surface area (Å²) in [5.41, 5.74) is 0. The van der Waals surface area contributed by atoms with E-state index in [0.717, 1.165) is 19.3 Å². The smallest absolute Gasteiger partial charge is 0.303 e. The molecular weight excluding hydrogens is 148 g/mol. The molecule has 0 aromatic rings. The van der Waals surface area contributed by atoms with E-state index in [1.165, 1.54) is 0 Å². The maximum atomic E-state index is 10.3. The Bertz CT molecular complexity index is 136. The van der Waals surface area contributed by atoms with Crippen LogP contribution < -0.4 is 0 Å². The highest BCUT2D eigenvalue weighted by molar-refractivity contribution is 7.81. The van der Waals surface area contributed by atoms with Crippen molar-refractivity contribution >= 4 is 18.6 Å². The third kappa shape index (κ3) is 1.90. The van der Waals surface area contributed by atoms with Gasteiger partial charge in [-0.2, -0.15) is 12.6 Å². The maximum absolute atomic E-state index is 10.3. The molecule has 1 aliphatic rings. The standard InChI is InChI=1S/C7H12O2S/c8-7(9)4-5-2-1-3-6(5)10/h5-6,10H,1-4H2,(H,8,9). The quantitative estimate of drug-likeness (QED) is 0.601. The summed E-state index contributed by atoms with van der Waals surface area (Å²) in [6.45, 7) is 0. The third-order valence-corrected chi connectivity index (χ3v) is 2.74. The van der Waals surface area contributed by atoms with Gasteiger partial charge in [0, 0.05) is 11.7 Å². The molecule has 58 valence electrons. The lowest BCUT2D eigenvalue weighted by atomic mass is 10.0. The molecule has 0 amide bonds. The highest BCUT2D eigenvalue weighted by Gasteiger charge is 2.25. The van der Waals surface area contributed by atoms with Crippen molar-refractivity contribution in [2.45, 2.75) is 30.9 Å². The SMILES string of the molecule is O=C(O)CC1CCCC1S. The van der Waals surface area contributed by atoms with Crippen molar-refractivity contribution in [2.24, 2.45) is 5.92 Å². The zero-order valence-electron chi connectivity index (χ0n) is 5.79. The Labute approximate surface area is 66.0 Å². The molecule has 0 aromatic heterocycles. The van der Waals surface area contributed by atoms with E-state index >= 15 is 0 Å². The Hall–Kier alpha value is -0.180. The first-order valence-electron chi connectivity index (χ1n) is 3.60. The van der Waals surface area contributed by atoms with Crippen molar-refractivity contribution in [3.05, 3.63) is 0 Å². The van der Waals surface area contributed by atoms with Gasteiger partial charge >= 0.3 is 5.97 Å². The summed E-state index contributed by atoms with van der Waals surface area (Å²) in [6.07, 6.45) is 3.57. The lowest BCUT2D eigenvalue weighted by molar-refractivity contribution is -0.138. The van der Waals surface area contributed by atoms with E-state index in [1.54, 1.807) is 0 Å². The Morgan fingerprint density at radius 2 is 2.30 bits per heavy atom. The zero-order valence-corrected chi connectivity index (χ0v) is 6.68. The van der Waals surface area contributed by atoms with Crippen molar-refractivity contribution < 1.29 is 9.90 Å². The van der Waals surface area contributed by atoms with Gasteiger partial charge in [-0.3, -0.25) is 4.79 Å². The fourth-order valence-corrected chi connectivity index (χ4v) is 1.92. The summed E-state index contributed by atoms with van der Waals surface area (Å²) in [6, 6.07) is 0. The highest BCUT2D eigenvalue weighted by atomic mass is 32.1.